The Hall–Kier alpha value is -1.38. The molecule has 1 unspecified atom stereocenters. The Morgan fingerprint density at radius 1 is 1.47 bits per heavy atom. The van der Waals surface area contributed by atoms with Crippen LogP contribution in [-0.4, -0.2) is 14.8 Å². The lowest BCUT2D eigenvalue weighted by Crippen LogP contribution is -2.14. The Bertz CT molecular complexity index is 568. The third kappa shape index (κ3) is 1.56. The number of hydrogen-bond donors (Lipinski definition) is 0. The largest absolute Gasteiger partial charge is 0.250 e. The molecule has 0 saturated carbocycles. The summed E-state index contributed by atoms with van der Waals surface area (Å²) in [5.74, 6) is 0.846. The highest BCUT2D eigenvalue weighted by Gasteiger charge is 2.22. The van der Waals surface area contributed by atoms with Crippen molar-refractivity contribution in [3.05, 3.63) is 23.0 Å². The van der Waals surface area contributed by atoms with E-state index in [1.807, 2.05) is 11.7 Å². The van der Waals surface area contributed by atoms with Crippen LogP contribution < -0.4 is 0 Å². The zero-order valence-corrected chi connectivity index (χ0v) is 10.8. The van der Waals surface area contributed by atoms with Crippen LogP contribution in [0.4, 0.5) is 0 Å². The minimum atomic E-state index is 0.846. The summed E-state index contributed by atoms with van der Waals surface area (Å²) >= 11 is 0. The molecule has 0 spiro atoms. The summed E-state index contributed by atoms with van der Waals surface area (Å²) in [6.07, 6.45) is 7.06. The minimum absolute atomic E-state index is 0.846. The van der Waals surface area contributed by atoms with Gasteiger partial charge >= 0.3 is 0 Å². The molecule has 0 N–H and O–H groups in total. The molecule has 90 valence electrons. The third-order valence-electron chi connectivity index (χ3n) is 4.11. The van der Waals surface area contributed by atoms with E-state index in [9.17, 15) is 0 Å². The molecule has 3 heteroatoms. The first kappa shape index (κ1) is 10.8. The number of pyridine rings is 1. The van der Waals surface area contributed by atoms with Gasteiger partial charge in [0.2, 0.25) is 0 Å². The van der Waals surface area contributed by atoms with Gasteiger partial charge in [-0.05, 0) is 43.2 Å². The quantitative estimate of drug-likeness (QED) is 0.753. The summed E-state index contributed by atoms with van der Waals surface area (Å²) in [6, 6.07) is 0. The van der Waals surface area contributed by atoms with E-state index >= 15 is 0 Å². The van der Waals surface area contributed by atoms with Crippen molar-refractivity contribution in [2.24, 2.45) is 13.0 Å². The summed E-state index contributed by atoms with van der Waals surface area (Å²) in [6.45, 7) is 4.38. The number of aryl methyl sites for hydroxylation is 3. The van der Waals surface area contributed by atoms with Gasteiger partial charge in [0.15, 0.2) is 5.65 Å². The molecule has 0 bridgehead atoms. The van der Waals surface area contributed by atoms with E-state index in [0.29, 0.717) is 0 Å². The van der Waals surface area contributed by atoms with Crippen molar-refractivity contribution >= 4 is 11.0 Å². The van der Waals surface area contributed by atoms with E-state index in [0.717, 1.165) is 17.3 Å². The fraction of sp³-hybridized carbons (Fsp3) is 0.571. The van der Waals surface area contributed by atoms with Gasteiger partial charge in [-0.15, -0.1) is 0 Å². The maximum atomic E-state index is 4.58. The molecule has 0 amide bonds. The first-order valence-electron chi connectivity index (χ1n) is 6.50. The second kappa shape index (κ2) is 3.83. The van der Waals surface area contributed by atoms with Crippen molar-refractivity contribution in [3.8, 4) is 0 Å². The monoisotopic (exact) mass is 229 g/mol. The highest BCUT2D eigenvalue weighted by molar-refractivity contribution is 5.83. The maximum Gasteiger partial charge on any atom is 0.158 e. The summed E-state index contributed by atoms with van der Waals surface area (Å²) in [5.41, 5.74) is 5.12. The van der Waals surface area contributed by atoms with Crippen LogP contribution in [0.25, 0.3) is 11.0 Å². The third-order valence-corrected chi connectivity index (χ3v) is 4.11. The lowest BCUT2D eigenvalue weighted by Gasteiger charge is -2.23. The van der Waals surface area contributed by atoms with E-state index in [-0.39, 0.29) is 0 Å². The molecule has 1 aliphatic rings. The average Bonchev–Trinajstić information content (AvgIpc) is 2.64. The Kier molecular flexibility index (Phi) is 2.42. The zero-order valence-electron chi connectivity index (χ0n) is 10.8. The molecule has 0 radical (unpaired) electrons. The molecule has 2 aromatic rings. The molecule has 17 heavy (non-hydrogen) atoms. The molecule has 3 nitrogen and oxygen atoms in total. The predicted octanol–water partition coefficient (Wildman–Crippen LogP) is 2.79. The van der Waals surface area contributed by atoms with Crippen LogP contribution in [0.3, 0.4) is 0 Å². The second-order valence-electron chi connectivity index (χ2n) is 5.19. The number of rotatable bonds is 1. The summed E-state index contributed by atoms with van der Waals surface area (Å²) in [4.78, 5) is 4.58. The van der Waals surface area contributed by atoms with Crippen LogP contribution in [0.5, 0.6) is 0 Å². The number of hydrogen-bond acceptors (Lipinski definition) is 2. The van der Waals surface area contributed by atoms with Crippen molar-refractivity contribution in [1.82, 2.24) is 14.8 Å². The molecule has 2 aromatic heterocycles. The maximum absolute atomic E-state index is 4.58. The van der Waals surface area contributed by atoms with Gasteiger partial charge in [0.1, 0.15) is 0 Å². The van der Waals surface area contributed by atoms with Crippen molar-refractivity contribution in [2.45, 2.75) is 39.5 Å². The normalized spacial score (nSPS) is 19.6. The van der Waals surface area contributed by atoms with Crippen LogP contribution in [0.15, 0.2) is 6.20 Å². The van der Waals surface area contributed by atoms with E-state index in [4.69, 9.17) is 0 Å². The number of fused-ring (bicyclic) bond motifs is 3. The van der Waals surface area contributed by atoms with Gasteiger partial charge in [-0.3, -0.25) is 4.68 Å². The van der Waals surface area contributed by atoms with Gasteiger partial charge in [0, 0.05) is 18.6 Å². The Morgan fingerprint density at radius 2 is 2.29 bits per heavy atom. The van der Waals surface area contributed by atoms with E-state index in [1.165, 1.54) is 42.2 Å². The smallest absolute Gasteiger partial charge is 0.158 e. The molecular formula is C14H19N3. The van der Waals surface area contributed by atoms with Crippen molar-refractivity contribution in [2.75, 3.05) is 0 Å². The molecule has 2 heterocycles. The van der Waals surface area contributed by atoms with Crippen molar-refractivity contribution in [1.29, 1.82) is 0 Å². The van der Waals surface area contributed by atoms with Gasteiger partial charge < -0.3 is 0 Å². The Balaban J connectivity index is 2.20. The Labute approximate surface area is 102 Å². The van der Waals surface area contributed by atoms with Gasteiger partial charge in [-0.1, -0.05) is 13.3 Å². The van der Waals surface area contributed by atoms with Crippen LogP contribution in [0.2, 0.25) is 0 Å². The lowest BCUT2D eigenvalue weighted by atomic mass is 9.82. The molecule has 0 aromatic carbocycles. The average molecular weight is 229 g/mol. The highest BCUT2D eigenvalue weighted by Crippen LogP contribution is 2.32. The topological polar surface area (TPSA) is 30.7 Å². The van der Waals surface area contributed by atoms with Gasteiger partial charge in [0.25, 0.3) is 0 Å². The van der Waals surface area contributed by atoms with Crippen LogP contribution in [-0.2, 0) is 19.9 Å². The fourth-order valence-electron chi connectivity index (χ4n) is 3.10. The van der Waals surface area contributed by atoms with Crippen LogP contribution >= 0.6 is 0 Å². The molecule has 1 aliphatic carbocycles. The standard InChI is InChI=1S/C14H19N3/c1-4-10-5-6-12-11(7-10)8-15-14-13(12)9(2)16-17(14)3/h8,10H,4-7H2,1-3H3. The highest BCUT2D eigenvalue weighted by atomic mass is 15.3. The lowest BCUT2D eigenvalue weighted by molar-refractivity contribution is 0.445. The molecule has 0 fully saturated rings. The van der Waals surface area contributed by atoms with E-state index < -0.39 is 0 Å². The first-order chi connectivity index (χ1) is 8.20. The predicted molar refractivity (Wildman–Crippen MR) is 69.1 cm³/mol. The number of nitrogens with zero attached hydrogens (tertiary/aromatic N) is 3. The van der Waals surface area contributed by atoms with Gasteiger partial charge in [-0.25, -0.2) is 4.98 Å². The van der Waals surface area contributed by atoms with E-state index in [1.54, 1.807) is 0 Å². The van der Waals surface area contributed by atoms with Crippen LogP contribution in [0.1, 0.15) is 36.6 Å². The SMILES string of the molecule is CCC1CCc2c(cnc3c2c(C)nn3C)C1. The number of aromatic nitrogens is 3. The molecule has 3 rings (SSSR count). The fourth-order valence-corrected chi connectivity index (χ4v) is 3.10. The van der Waals surface area contributed by atoms with Gasteiger partial charge in [-0.2, -0.15) is 5.10 Å². The van der Waals surface area contributed by atoms with Crippen molar-refractivity contribution < 1.29 is 0 Å². The zero-order chi connectivity index (χ0) is 12.0. The van der Waals surface area contributed by atoms with Crippen LogP contribution in [0, 0.1) is 12.8 Å². The summed E-state index contributed by atoms with van der Waals surface area (Å²) in [5, 5.41) is 5.80. The van der Waals surface area contributed by atoms with E-state index in [2.05, 4.69) is 30.1 Å². The molecular weight excluding hydrogens is 210 g/mol. The van der Waals surface area contributed by atoms with Crippen molar-refractivity contribution in [3.63, 3.8) is 0 Å². The molecule has 1 atom stereocenters. The second-order valence-corrected chi connectivity index (χ2v) is 5.19. The van der Waals surface area contributed by atoms with Gasteiger partial charge in [0.05, 0.1) is 5.69 Å². The molecule has 0 saturated heterocycles. The Morgan fingerprint density at radius 3 is 3.06 bits per heavy atom. The summed E-state index contributed by atoms with van der Waals surface area (Å²) < 4.78 is 1.90. The minimum Gasteiger partial charge on any atom is -0.250 e. The summed E-state index contributed by atoms with van der Waals surface area (Å²) in [7, 11) is 1.98. The molecule has 0 aliphatic heterocycles. The first-order valence-corrected chi connectivity index (χ1v) is 6.50.